The molecule has 5 nitrogen and oxygen atoms in total. The van der Waals surface area contributed by atoms with E-state index in [1.165, 1.54) is 6.08 Å². The summed E-state index contributed by atoms with van der Waals surface area (Å²) in [6.45, 7) is 4.71. The van der Waals surface area contributed by atoms with Gasteiger partial charge in [0, 0.05) is 4.91 Å². The Hall–Kier alpha value is -1.48. The minimum absolute atomic E-state index is 0.442. The minimum Gasteiger partial charge on any atom is -0.478 e. The van der Waals surface area contributed by atoms with Crippen molar-refractivity contribution in [3.8, 4) is 0 Å². The lowest BCUT2D eigenvalue weighted by molar-refractivity contribution is 0.337. The van der Waals surface area contributed by atoms with Crippen LogP contribution in [0.1, 0.15) is 0 Å². The van der Waals surface area contributed by atoms with E-state index in [4.69, 9.17) is 10.3 Å². The second-order valence-corrected chi connectivity index (χ2v) is 1.95. The van der Waals surface area contributed by atoms with Crippen LogP contribution in [0.2, 0.25) is 0 Å². The first kappa shape index (κ1) is 7.63. The van der Waals surface area contributed by atoms with Gasteiger partial charge in [0.05, 0.1) is 6.54 Å². The van der Waals surface area contributed by atoms with Crippen LogP contribution in [-0.2, 0) is 4.74 Å². The quantitative estimate of drug-likeness (QED) is 0.260. The number of rotatable bonds is 3. The molecule has 0 spiro atoms. The van der Waals surface area contributed by atoms with Crippen LogP contribution in [0.15, 0.2) is 22.8 Å². The monoisotopic (exact) mass is 152 g/mol. The van der Waals surface area contributed by atoms with Crippen LogP contribution >= 0.6 is 0 Å². The van der Waals surface area contributed by atoms with Gasteiger partial charge in [-0.3, -0.25) is 4.99 Å². The molecular formula is C6H8N4O. The maximum absolute atomic E-state index is 8.13. The van der Waals surface area contributed by atoms with E-state index in [1.807, 2.05) is 0 Å². The maximum atomic E-state index is 8.13. The molecule has 1 rings (SSSR count). The van der Waals surface area contributed by atoms with Crippen LogP contribution in [0.4, 0.5) is 0 Å². The lowest BCUT2D eigenvalue weighted by Crippen LogP contribution is -2.15. The minimum atomic E-state index is -0.442. The summed E-state index contributed by atoms with van der Waals surface area (Å²) in [6.07, 6.45) is 1.50. The van der Waals surface area contributed by atoms with Crippen LogP contribution in [0.3, 0.4) is 0 Å². The summed E-state index contributed by atoms with van der Waals surface area (Å²) in [6, 6.07) is -0.442. The van der Waals surface area contributed by atoms with Crippen LogP contribution < -0.4 is 0 Å². The standard InChI is InChI=1S/C6H8N4O/c1-2-5(9-10-7)6-8-3-4-11-6/h2,5H,1,3-4H2. The molecule has 0 aromatic rings. The summed E-state index contributed by atoms with van der Waals surface area (Å²) >= 11 is 0. The number of ether oxygens (including phenoxy) is 1. The van der Waals surface area contributed by atoms with Crippen molar-refractivity contribution in [1.29, 1.82) is 0 Å². The third-order valence-corrected chi connectivity index (χ3v) is 1.26. The van der Waals surface area contributed by atoms with Gasteiger partial charge in [0.15, 0.2) is 5.90 Å². The van der Waals surface area contributed by atoms with Crippen molar-refractivity contribution in [2.45, 2.75) is 6.04 Å². The van der Waals surface area contributed by atoms with Crippen molar-refractivity contribution in [2.75, 3.05) is 13.2 Å². The highest BCUT2D eigenvalue weighted by molar-refractivity contribution is 5.84. The van der Waals surface area contributed by atoms with Crippen molar-refractivity contribution in [3.05, 3.63) is 23.1 Å². The molecule has 0 aromatic carbocycles. The normalized spacial score (nSPS) is 17.6. The Morgan fingerprint density at radius 3 is 3.18 bits per heavy atom. The van der Waals surface area contributed by atoms with Gasteiger partial charge in [-0.25, -0.2) is 0 Å². The van der Waals surface area contributed by atoms with Crippen molar-refractivity contribution >= 4 is 5.90 Å². The zero-order valence-electron chi connectivity index (χ0n) is 5.97. The van der Waals surface area contributed by atoms with Crippen molar-refractivity contribution in [3.63, 3.8) is 0 Å². The van der Waals surface area contributed by atoms with Gasteiger partial charge in [0.25, 0.3) is 0 Å². The molecule has 1 aliphatic rings. The predicted molar refractivity (Wildman–Crippen MR) is 41.4 cm³/mol. The zero-order chi connectivity index (χ0) is 8.10. The largest absolute Gasteiger partial charge is 0.478 e. The van der Waals surface area contributed by atoms with Crippen LogP contribution in [0.25, 0.3) is 10.4 Å². The second-order valence-electron chi connectivity index (χ2n) is 1.95. The average molecular weight is 152 g/mol. The molecule has 5 heteroatoms. The van der Waals surface area contributed by atoms with Crippen LogP contribution in [0.5, 0.6) is 0 Å². The smallest absolute Gasteiger partial charge is 0.196 e. The lowest BCUT2D eigenvalue weighted by Gasteiger charge is -2.03. The van der Waals surface area contributed by atoms with Gasteiger partial charge >= 0.3 is 0 Å². The Balaban J connectivity index is 2.67. The molecule has 0 fully saturated rings. The van der Waals surface area contributed by atoms with Gasteiger partial charge in [-0.2, -0.15) is 0 Å². The predicted octanol–water partition coefficient (Wildman–Crippen LogP) is 1.28. The number of azide groups is 1. The Kier molecular flexibility index (Phi) is 2.52. The molecule has 58 valence electrons. The van der Waals surface area contributed by atoms with Gasteiger partial charge in [0.1, 0.15) is 12.6 Å². The van der Waals surface area contributed by atoms with Gasteiger partial charge in [0.2, 0.25) is 0 Å². The SMILES string of the molecule is C=CC(N=[N+]=[N-])C1=NCCO1. The number of nitrogens with zero attached hydrogens (tertiary/aromatic N) is 4. The van der Waals surface area contributed by atoms with E-state index in [-0.39, 0.29) is 0 Å². The third kappa shape index (κ3) is 1.72. The molecule has 0 bridgehead atoms. The summed E-state index contributed by atoms with van der Waals surface area (Å²) in [4.78, 5) is 6.63. The third-order valence-electron chi connectivity index (χ3n) is 1.26. The van der Waals surface area contributed by atoms with E-state index < -0.39 is 6.04 Å². The van der Waals surface area contributed by atoms with E-state index in [2.05, 4.69) is 21.6 Å². The van der Waals surface area contributed by atoms with Crippen molar-refractivity contribution < 1.29 is 4.74 Å². The molecule has 0 saturated carbocycles. The Morgan fingerprint density at radius 2 is 2.73 bits per heavy atom. The molecule has 0 aliphatic carbocycles. The fourth-order valence-electron chi connectivity index (χ4n) is 0.784. The number of aliphatic imine (C=N–C) groups is 1. The summed E-state index contributed by atoms with van der Waals surface area (Å²) in [5, 5.41) is 3.43. The molecule has 0 aromatic heterocycles. The van der Waals surface area contributed by atoms with Gasteiger partial charge in [-0.15, -0.1) is 6.58 Å². The molecule has 1 unspecified atom stereocenters. The zero-order valence-corrected chi connectivity index (χ0v) is 5.97. The number of hydrogen-bond donors (Lipinski definition) is 0. The fraction of sp³-hybridized carbons (Fsp3) is 0.500. The molecule has 1 atom stereocenters. The highest BCUT2D eigenvalue weighted by atomic mass is 16.5. The first-order chi connectivity index (χ1) is 5.38. The Bertz CT molecular complexity index is 229. The molecule has 0 saturated heterocycles. The van der Waals surface area contributed by atoms with E-state index in [1.54, 1.807) is 0 Å². The lowest BCUT2D eigenvalue weighted by atomic mass is 10.3. The van der Waals surface area contributed by atoms with Crippen LogP contribution in [0, 0.1) is 0 Å². The first-order valence-electron chi connectivity index (χ1n) is 3.22. The molecule has 11 heavy (non-hydrogen) atoms. The molecule has 0 radical (unpaired) electrons. The van der Waals surface area contributed by atoms with Crippen molar-refractivity contribution in [1.82, 2.24) is 0 Å². The van der Waals surface area contributed by atoms with E-state index in [0.29, 0.717) is 19.0 Å². The average Bonchev–Trinajstić information content (AvgIpc) is 2.52. The first-order valence-corrected chi connectivity index (χ1v) is 3.22. The number of hydrogen-bond acceptors (Lipinski definition) is 3. The van der Waals surface area contributed by atoms with Gasteiger partial charge in [-0.1, -0.05) is 11.2 Å². The van der Waals surface area contributed by atoms with Crippen LogP contribution in [-0.4, -0.2) is 25.1 Å². The van der Waals surface area contributed by atoms with E-state index in [0.717, 1.165) is 0 Å². The second kappa shape index (κ2) is 3.63. The molecule has 0 N–H and O–H groups in total. The summed E-state index contributed by atoms with van der Waals surface area (Å²) in [5.74, 6) is 0.470. The molecule has 0 amide bonds. The summed E-state index contributed by atoms with van der Waals surface area (Å²) < 4.78 is 5.07. The molecule has 1 heterocycles. The Morgan fingerprint density at radius 1 is 1.91 bits per heavy atom. The van der Waals surface area contributed by atoms with E-state index >= 15 is 0 Å². The maximum Gasteiger partial charge on any atom is 0.196 e. The summed E-state index contributed by atoms with van der Waals surface area (Å²) in [7, 11) is 0. The van der Waals surface area contributed by atoms with Crippen molar-refractivity contribution in [2.24, 2.45) is 10.1 Å². The fourth-order valence-corrected chi connectivity index (χ4v) is 0.784. The molecule has 1 aliphatic heterocycles. The van der Waals surface area contributed by atoms with E-state index in [9.17, 15) is 0 Å². The molecular weight excluding hydrogens is 144 g/mol. The van der Waals surface area contributed by atoms with Gasteiger partial charge < -0.3 is 4.74 Å². The van der Waals surface area contributed by atoms with Gasteiger partial charge in [-0.05, 0) is 5.53 Å². The Labute approximate surface area is 64.0 Å². The summed E-state index contributed by atoms with van der Waals surface area (Å²) in [5.41, 5.74) is 8.13. The highest BCUT2D eigenvalue weighted by Crippen LogP contribution is 2.04. The topological polar surface area (TPSA) is 70.4 Å². The highest BCUT2D eigenvalue weighted by Gasteiger charge is 2.15.